The molecule has 21 heavy (non-hydrogen) atoms. The zero-order valence-electron chi connectivity index (χ0n) is 12.5. The number of nitrogens with zero attached hydrogens (tertiary/aromatic N) is 1. The van der Waals surface area contributed by atoms with Crippen LogP contribution in [-0.2, 0) is 19.4 Å². The summed E-state index contributed by atoms with van der Waals surface area (Å²) < 4.78 is 2.38. The molecule has 1 unspecified atom stereocenters. The Balaban J connectivity index is 1.88. The standard InChI is InChI=1S/C18H22N2S/c1-2-17(19)12-16-5-3-4-15-7-10-20(18(15)16)9-6-14-8-11-21-13-14/h3-5,7-8,10-11,13,17H,2,6,9,12,19H2,1H3. The van der Waals surface area contributed by atoms with Crippen LogP contribution in [0.5, 0.6) is 0 Å². The lowest BCUT2D eigenvalue weighted by atomic mass is 10.0. The quantitative estimate of drug-likeness (QED) is 0.725. The van der Waals surface area contributed by atoms with Gasteiger partial charge in [0.2, 0.25) is 0 Å². The van der Waals surface area contributed by atoms with Crippen LogP contribution in [0.1, 0.15) is 24.5 Å². The largest absolute Gasteiger partial charge is 0.347 e. The molecule has 110 valence electrons. The summed E-state index contributed by atoms with van der Waals surface area (Å²) in [6.07, 6.45) is 5.27. The molecule has 2 N–H and O–H groups in total. The average Bonchev–Trinajstić information content (AvgIpc) is 3.14. The summed E-state index contributed by atoms with van der Waals surface area (Å²) in [5.41, 5.74) is 10.3. The van der Waals surface area contributed by atoms with Crippen molar-refractivity contribution in [3.05, 3.63) is 58.4 Å². The van der Waals surface area contributed by atoms with Crippen molar-refractivity contribution in [3.8, 4) is 0 Å². The molecule has 1 aromatic carbocycles. The average molecular weight is 298 g/mol. The van der Waals surface area contributed by atoms with E-state index in [1.54, 1.807) is 11.3 Å². The van der Waals surface area contributed by atoms with E-state index >= 15 is 0 Å². The topological polar surface area (TPSA) is 30.9 Å². The van der Waals surface area contributed by atoms with E-state index in [1.807, 2.05) is 0 Å². The van der Waals surface area contributed by atoms with Crippen molar-refractivity contribution < 1.29 is 0 Å². The fourth-order valence-corrected chi connectivity index (χ4v) is 3.51. The Kier molecular flexibility index (Phi) is 4.42. The van der Waals surface area contributed by atoms with Crippen LogP contribution in [0.15, 0.2) is 47.3 Å². The highest BCUT2D eigenvalue weighted by molar-refractivity contribution is 7.07. The Labute approximate surface area is 130 Å². The zero-order valence-corrected chi connectivity index (χ0v) is 13.3. The van der Waals surface area contributed by atoms with Crippen molar-refractivity contribution in [2.45, 2.75) is 38.8 Å². The second-order valence-electron chi connectivity index (χ2n) is 5.62. The van der Waals surface area contributed by atoms with Gasteiger partial charge in [-0.2, -0.15) is 11.3 Å². The van der Waals surface area contributed by atoms with Crippen LogP contribution in [0.25, 0.3) is 10.9 Å². The predicted molar refractivity (Wildman–Crippen MR) is 91.9 cm³/mol. The van der Waals surface area contributed by atoms with Gasteiger partial charge in [0.05, 0.1) is 5.52 Å². The van der Waals surface area contributed by atoms with Crippen molar-refractivity contribution in [1.29, 1.82) is 0 Å². The van der Waals surface area contributed by atoms with E-state index in [1.165, 1.54) is 22.0 Å². The lowest BCUT2D eigenvalue weighted by molar-refractivity contribution is 0.644. The molecule has 2 heterocycles. The molecule has 0 aliphatic heterocycles. The van der Waals surface area contributed by atoms with Crippen LogP contribution in [0.4, 0.5) is 0 Å². The number of hydrogen-bond donors (Lipinski definition) is 1. The van der Waals surface area contributed by atoms with Crippen LogP contribution in [0, 0.1) is 0 Å². The number of rotatable bonds is 6. The van der Waals surface area contributed by atoms with Gasteiger partial charge in [0.15, 0.2) is 0 Å². The van der Waals surface area contributed by atoms with Gasteiger partial charge in [-0.25, -0.2) is 0 Å². The Morgan fingerprint density at radius 2 is 2.14 bits per heavy atom. The van der Waals surface area contributed by atoms with E-state index in [9.17, 15) is 0 Å². The second-order valence-corrected chi connectivity index (χ2v) is 6.40. The number of aromatic nitrogens is 1. The van der Waals surface area contributed by atoms with E-state index in [0.29, 0.717) is 0 Å². The number of thiophene rings is 1. The summed E-state index contributed by atoms with van der Waals surface area (Å²) >= 11 is 1.77. The Morgan fingerprint density at radius 1 is 1.24 bits per heavy atom. The summed E-state index contributed by atoms with van der Waals surface area (Å²) in [6, 6.07) is 11.2. The molecular formula is C18H22N2S. The molecule has 0 saturated carbocycles. The molecule has 3 heteroatoms. The van der Waals surface area contributed by atoms with Crippen LogP contribution in [0.3, 0.4) is 0 Å². The van der Waals surface area contributed by atoms with Crippen molar-refractivity contribution >= 4 is 22.2 Å². The van der Waals surface area contributed by atoms with E-state index in [2.05, 4.69) is 58.8 Å². The first-order chi connectivity index (χ1) is 10.3. The second kappa shape index (κ2) is 6.46. The highest BCUT2D eigenvalue weighted by Crippen LogP contribution is 2.22. The van der Waals surface area contributed by atoms with Gasteiger partial charge in [0, 0.05) is 18.8 Å². The molecule has 3 aromatic rings. The third-order valence-corrected chi connectivity index (χ3v) is 4.83. The van der Waals surface area contributed by atoms with E-state index in [-0.39, 0.29) is 6.04 Å². The number of hydrogen-bond acceptors (Lipinski definition) is 2. The van der Waals surface area contributed by atoms with Gasteiger partial charge < -0.3 is 10.3 Å². The fraction of sp³-hybridized carbons (Fsp3) is 0.333. The van der Waals surface area contributed by atoms with E-state index < -0.39 is 0 Å². The molecule has 0 aliphatic rings. The Morgan fingerprint density at radius 3 is 2.90 bits per heavy atom. The molecule has 0 amide bonds. The maximum absolute atomic E-state index is 6.16. The van der Waals surface area contributed by atoms with Crippen molar-refractivity contribution in [2.75, 3.05) is 0 Å². The van der Waals surface area contributed by atoms with Crippen LogP contribution < -0.4 is 5.73 Å². The van der Waals surface area contributed by atoms with Gasteiger partial charge in [0.1, 0.15) is 0 Å². The first-order valence-corrected chi connectivity index (χ1v) is 8.55. The number of para-hydroxylation sites is 1. The monoisotopic (exact) mass is 298 g/mol. The number of benzene rings is 1. The number of nitrogens with two attached hydrogens (primary N) is 1. The summed E-state index contributed by atoms with van der Waals surface area (Å²) in [7, 11) is 0. The van der Waals surface area contributed by atoms with Crippen LogP contribution >= 0.6 is 11.3 Å². The lowest BCUT2D eigenvalue weighted by Crippen LogP contribution is -2.21. The molecule has 0 aliphatic carbocycles. The van der Waals surface area contributed by atoms with Gasteiger partial charge in [-0.1, -0.05) is 25.1 Å². The minimum Gasteiger partial charge on any atom is -0.347 e. The first kappa shape index (κ1) is 14.4. The third kappa shape index (κ3) is 3.20. The van der Waals surface area contributed by atoms with Gasteiger partial charge in [-0.3, -0.25) is 0 Å². The lowest BCUT2D eigenvalue weighted by Gasteiger charge is -2.13. The molecule has 0 saturated heterocycles. The van der Waals surface area contributed by atoms with E-state index in [0.717, 1.165) is 25.8 Å². The molecular weight excluding hydrogens is 276 g/mol. The van der Waals surface area contributed by atoms with Crippen LogP contribution in [0.2, 0.25) is 0 Å². The highest BCUT2D eigenvalue weighted by Gasteiger charge is 2.09. The molecule has 2 nitrogen and oxygen atoms in total. The Bertz CT molecular complexity index is 697. The predicted octanol–water partition coefficient (Wildman–Crippen LogP) is 4.23. The Hall–Kier alpha value is -1.58. The fourth-order valence-electron chi connectivity index (χ4n) is 2.80. The number of fused-ring (bicyclic) bond motifs is 1. The maximum Gasteiger partial charge on any atom is 0.0513 e. The van der Waals surface area contributed by atoms with Crippen molar-refractivity contribution in [1.82, 2.24) is 4.57 Å². The first-order valence-electron chi connectivity index (χ1n) is 7.61. The summed E-state index contributed by atoms with van der Waals surface area (Å²) in [4.78, 5) is 0. The minimum atomic E-state index is 0.246. The van der Waals surface area contributed by atoms with Crippen LogP contribution in [-0.4, -0.2) is 10.6 Å². The third-order valence-electron chi connectivity index (χ3n) is 4.10. The molecule has 2 aromatic heterocycles. The summed E-state index contributed by atoms with van der Waals surface area (Å²) in [5, 5.41) is 5.70. The molecule has 3 rings (SSSR count). The van der Waals surface area contributed by atoms with Crippen molar-refractivity contribution in [3.63, 3.8) is 0 Å². The molecule has 0 spiro atoms. The zero-order chi connectivity index (χ0) is 14.7. The molecule has 1 atom stereocenters. The normalized spacial score (nSPS) is 12.9. The minimum absolute atomic E-state index is 0.246. The van der Waals surface area contributed by atoms with Gasteiger partial charge >= 0.3 is 0 Å². The van der Waals surface area contributed by atoms with Gasteiger partial charge in [-0.05, 0) is 58.7 Å². The number of aryl methyl sites for hydroxylation is 2. The smallest absolute Gasteiger partial charge is 0.0513 e. The van der Waals surface area contributed by atoms with Gasteiger partial charge in [0.25, 0.3) is 0 Å². The summed E-state index contributed by atoms with van der Waals surface area (Å²) in [5.74, 6) is 0. The maximum atomic E-state index is 6.16. The summed E-state index contributed by atoms with van der Waals surface area (Å²) in [6.45, 7) is 3.18. The SMILES string of the molecule is CCC(N)Cc1cccc2ccn(CCc3ccsc3)c12. The van der Waals surface area contributed by atoms with Crippen molar-refractivity contribution in [2.24, 2.45) is 5.73 Å². The molecule has 0 fully saturated rings. The highest BCUT2D eigenvalue weighted by atomic mass is 32.1. The molecule has 0 bridgehead atoms. The van der Waals surface area contributed by atoms with Gasteiger partial charge in [-0.15, -0.1) is 0 Å². The van der Waals surface area contributed by atoms with E-state index in [4.69, 9.17) is 5.73 Å². The molecule has 0 radical (unpaired) electrons.